The third-order valence-electron chi connectivity index (χ3n) is 3.32. The van der Waals surface area contributed by atoms with Gasteiger partial charge in [0.2, 0.25) is 5.91 Å². The molecule has 0 unspecified atom stereocenters. The van der Waals surface area contributed by atoms with Gasteiger partial charge in [-0.1, -0.05) is 6.07 Å². The molecule has 0 radical (unpaired) electrons. The van der Waals surface area contributed by atoms with E-state index in [1.54, 1.807) is 0 Å². The molecule has 2 amide bonds. The van der Waals surface area contributed by atoms with Gasteiger partial charge in [0.25, 0.3) is 5.91 Å². The average Bonchev–Trinajstić information content (AvgIpc) is 2.56. The van der Waals surface area contributed by atoms with E-state index in [9.17, 15) is 27.9 Å². The molecule has 0 aliphatic rings. The molecule has 2 aromatic carbocycles. The van der Waals surface area contributed by atoms with Gasteiger partial charge in [0.1, 0.15) is 5.82 Å². The number of aliphatic hydroxyl groups is 1. The van der Waals surface area contributed by atoms with Gasteiger partial charge >= 0.3 is 0 Å². The molecule has 2 rings (SSSR count). The summed E-state index contributed by atoms with van der Waals surface area (Å²) < 4.78 is 39.8. The number of aliphatic hydroxyl groups excluding tert-OH is 1. The Balaban J connectivity index is 2.06. The molecule has 5 nitrogen and oxygen atoms in total. The van der Waals surface area contributed by atoms with Crippen molar-refractivity contribution in [2.75, 3.05) is 11.9 Å². The van der Waals surface area contributed by atoms with Crippen molar-refractivity contribution in [2.24, 2.45) is 0 Å². The lowest BCUT2D eigenvalue weighted by Gasteiger charge is -2.13. The Bertz CT molecular complexity index is 812. The van der Waals surface area contributed by atoms with E-state index in [1.807, 2.05) is 0 Å². The summed E-state index contributed by atoms with van der Waals surface area (Å²) >= 11 is 0. The zero-order valence-corrected chi connectivity index (χ0v) is 13.1. The quantitative estimate of drug-likeness (QED) is 0.774. The van der Waals surface area contributed by atoms with E-state index in [0.29, 0.717) is 0 Å². The van der Waals surface area contributed by atoms with Crippen LogP contribution >= 0.6 is 0 Å². The van der Waals surface area contributed by atoms with Crippen LogP contribution in [0.15, 0.2) is 36.4 Å². The molecule has 0 aromatic heterocycles. The van der Waals surface area contributed by atoms with Crippen molar-refractivity contribution in [3.05, 3.63) is 65.0 Å². The number of carbonyl (C=O) groups is 2. The van der Waals surface area contributed by atoms with Crippen LogP contribution in [0.4, 0.5) is 18.9 Å². The molecule has 3 N–H and O–H groups in total. The predicted octanol–water partition coefficient (Wildman–Crippen LogP) is 2.53. The van der Waals surface area contributed by atoms with Crippen LogP contribution in [0.3, 0.4) is 0 Å². The Hall–Kier alpha value is -2.87. The molecule has 0 spiro atoms. The second kappa shape index (κ2) is 7.80. The fourth-order valence-corrected chi connectivity index (χ4v) is 2.10. The third-order valence-corrected chi connectivity index (χ3v) is 3.32. The first-order valence-electron chi connectivity index (χ1n) is 7.26. The smallest absolute Gasteiger partial charge is 0.254 e. The summed E-state index contributed by atoms with van der Waals surface area (Å²) in [5.74, 6) is -4.21. The highest BCUT2D eigenvalue weighted by Gasteiger charge is 2.16. The van der Waals surface area contributed by atoms with E-state index in [0.717, 1.165) is 24.3 Å². The van der Waals surface area contributed by atoms with Gasteiger partial charge in [0.15, 0.2) is 11.6 Å². The fraction of sp³-hybridized carbons (Fsp3) is 0.176. The lowest BCUT2D eigenvalue weighted by molar-refractivity contribution is -0.114. The number of halogens is 3. The minimum atomic E-state index is -1.30. The second-order valence-corrected chi connectivity index (χ2v) is 5.28. The molecule has 0 heterocycles. The summed E-state index contributed by atoms with van der Waals surface area (Å²) in [6, 6.07) is 6.30. The van der Waals surface area contributed by atoms with Crippen LogP contribution in [0.1, 0.15) is 28.9 Å². The van der Waals surface area contributed by atoms with Gasteiger partial charge in [-0.3, -0.25) is 9.59 Å². The standard InChI is InChI=1S/C17H15F3N2O3/c1-9(23)22-11-3-5-13(18)12(7-11)17(25)21-8-16(24)10-2-4-14(19)15(20)6-10/h2-7,16,24H,8H2,1H3,(H,21,25)(H,22,23)/t16-/m0/s1. The van der Waals surface area contributed by atoms with Crippen LogP contribution < -0.4 is 10.6 Å². The van der Waals surface area contributed by atoms with Gasteiger partial charge in [0.05, 0.1) is 11.7 Å². The number of nitrogens with one attached hydrogen (secondary N) is 2. The highest BCUT2D eigenvalue weighted by atomic mass is 19.2. The van der Waals surface area contributed by atoms with E-state index < -0.39 is 29.5 Å². The lowest BCUT2D eigenvalue weighted by atomic mass is 10.1. The summed E-state index contributed by atoms with van der Waals surface area (Å²) in [7, 11) is 0. The van der Waals surface area contributed by atoms with Crippen LogP contribution in [-0.4, -0.2) is 23.5 Å². The van der Waals surface area contributed by atoms with E-state index in [4.69, 9.17) is 0 Å². The van der Waals surface area contributed by atoms with Crippen LogP contribution in [0.5, 0.6) is 0 Å². The molecular weight excluding hydrogens is 337 g/mol. The van der Waals surface area contributed by atoms with Gasteiger partial charge in [-0.15, -0.1) is 0 Å². The maximum absolute atomic E-state index is 13.8. The Morgan fingerprint density at radius 2 is 1.72 bits per heavy atom. The zero-order valence-electron chi connectivity index (χ0n) is 13.1. The number of amides is 2. The van der Waals surface area contributed by atoms with E-state index >= 15 is 0 Å². The van der Waals surface area contributed by atoms with E-state index in [1.165, 1.54) is 19.1 Å². The van der Waals surface area contributed by atoms with Crippen LogP contribution in [0, 0.1) is 17.5 Å². The molecule has 1 atom stereocenters. The largest absolute Gasteiger partial charge is 0.387 e. The van der Waals surface area contributed by atoms with Crippen LogP contribution in [0.2, 0.25) is 0 Å². The zero-order chi connectivity index (χ0) is 18.6. The first-order valence-corrected chi connectivity index (χ1v) is 7.26. The van der Waals surface area contributed by atoms with Gasteiger partial charge in [0, 0.05) is 19.2 Å². The summed E-state index contributed by atoms with van der Waals surface area (Å²) in [6.45, 7) is 0.926. The summed E-state index contributed by atoms with van der Waals surface area (Å²) in [4.78, 5) is 23.1. The maximum atomic E-state index is 13.8. The molecule has 0 fully saturated rings. The van der Waals surface area contributed by atoms with Crippen molar-refractivity contribution < 1.29 is 27.9 Å². The van der Waals surface area contributed by atoms with Crippen molar-refractivity contribution in [3.8, 4) is 0 Å². The molecule has 8 heteroatoms. The van der Waals surface area contributed by atoms with Gasteiger partial charge in [-0.2, -0.15) is 0 Å². The molecule has 2 aromatic rings. The fourth-order valence-electron chi connectivity index (χ4n) is 2.10. The van der Waals surface area contributed by atoms with Gasteiger partial charge in [-0.05, 0) is 35.9 Å². The Kier molecular flexibility index (Phi) is 5.76. The van der Waals surface area contributed by atoms with Crippen LogP contribution in [-0.2, 0) is 4.79 Å². The van der Waals surface area contributed by atoms with E-state index in [2.05, 4.69) is 10.6 Å². The van der Waals surface area contributed by atoms with Gasteiger partial charge in [-0.25, -0.2) is 13.2 Å². The molecule has 0 saturated heterocycles. The first kappa shape index (κ1) is 18.5. The average molecular weight is 352 g/mol. The number of hydrogen-bond acceptors (Lipinski definition) is 3. The molecule has 132 valence electrons. The monoisotopic (exact) mass is 352 g/mol. The Morgan fingerprint density at radius 1 is 1.04 bits per heavy atom. The molecule has 25 heavy (non-hydrogen) atoms. The highest BCUT2D eigenvalue weighted by molar-refractivity contribution is 5.97. The Morgan fingerprint density at radius 3 is 2.36 bits per heavy atom. The molecule has 0 aliphatic heterocycles. The van der Waals surface area contributed by atoms with Crippen LogP contribution in [0.25, 0.3) is 0 Å². The van der Waals surface area contributed by atoms with Crippen molar-refractivity contribution in [3.63, 3.8) is 0 Å². The molecule has 0 bridgehead atoms. The minimum absolute atomic E-state index is 0.0617. The minimum Gasteiger partial charge on any atom is -0.387 e. The first-order chi connectivity index (χ1) is 11.8. The van der Waals surface area contributed by atoms with Crippen molar-refractivity contribution in [1.82, 2.24) is 5.32 Å². The number of hydrogen-bond donors (Lipinski definition) is 3. The second-order valence-electron chi connectivity index (χ2n) is 5.28. The number of carbonyl (C=O) groups excluding carboxylic acids is 2. The molecule has 0 aliphatic carbocycles. The third kappa shape index (κ3) is 4.80. The lowest BCUT2D eigenvalue weighted by Crippen LogP contribution is -2.29. The molecular formula is C17H15F3N2O3. The van der Waals surface area contributed by atoms with Crippen molar-refractivity contribution >= 4 is 17.5 Å². The molecule has 0 saturated carbocycles. The SMILES string of the molecule is CC(=O)Nc1ccc(F)c(C(=O)NC[C@H](O)c2ccc(F)c(F)c2)c1. The van der Waals surface area contributed by atoms with E-state index in [-0.39, 0.29) is 29.3 Å². The van der Waals surface area contributed by atoms with Gasteiger partial charge < -0.3 is 15.7 Å². The Labute approximate surface area is 141 Å². The topological polar surface area (TPSA) is 78.4 Å². The predicted molar refractivity (Wildman–Crippen MR) is 84.4 cm³/mol. The summed E-state index contributed by atoms with van der Waals surface area (Å²) in [5, 5.41) is 14.6. The summed E-state index contributed by atoms with van der Waals surface area (Å²) in [6.07, 6.45) is -1.30. The summed E-state index contributed by atoms with van der Waals surface area (Å²) in [5.41, 5.74) is -0.0318. The maximum Gasteiger partial charge on any atom is 0.254 e. The highest BCUT2D eigenvalue weighted by Crippen LogP contribution is 2.17. The number of anilines is 1. The number of benzene rings is 2. The van der Waals surface area contributed by atoms with Crippen molar-refractivity contribution in [1.29, 1.82) is 0 Å². The normalized spacial score (nSPS) is 11.7. The number of rotatable bonds is 5. The van der Waals surface area contributed by atoms with Crippen molar-refractivity contribution in [2.45, 2.75) is 13.0 Å².